The van der Waals surface area contributed by atoms with Crippen molar-refractivity contribution in [3.63, 3.8) is 0 Å². The predicted octanol–water partition coefficient (Wildman–Crippen LogP) is 1.19. The molecular formula is C7H5F3N2O5. The van der Waals surface area contributed by atoms with Crippen molar-refractivity contribution in [1.29, 1.82) is 0 Å². The summed E-state index contributed by atoms with van der Waals surface area (Å²) in [7, 11) is 0.954. The maximum absolute atomic E-state index is 12.0. The number of rotatable bonds is 3. The summed E-state index contributed by atoms with van der Waals surface area (Å²) in [6, 6.07) is 0.314. The molecule has 7 nitrogen and oxygen atoms in total. The molecule has 0 radical (unpaired) electrons. The fourth-order valence-corrected chi connectivity index (χ4v) is 1.03. The van der Waals surface area contributed by atoms with Crippen molar-refractivity contribution in [3.8, 4) is 11.6 Å². The van der Waals surface area contributed by atoms with Crippen molar-refractivity contribution in [1.82, 2.24) is 4.98 Å². The molecule has 0 aliphatic rings. The summed E-state index contributed by atoms with van der Waals surface area (Å²) in [5, 5.41) is 10.6. The van der Waals surface area contributed by atoms with Gasteiger partial charge in [0, 0.05) is 0 Å². The molecule has 1 aromatic rings. The van der Waals surface area contributed by atoms with Gasteiger partial charge in [-0.15, -0.1) is 13.2 Å². The number of methoxy groups -OCH3 is 1. The molecule has 1 rings (SSSR count). The topological polar surface area (TPSA) is 94.5 Å². The first-order valence-corrected chi connectivity index (χ1v) is 3.96. The first kappa shape index (κ1) is 12.8. The zero-order chi connectivity index (χ0) is 13.2. The van der Waals surface area contributed by atoms with E-state index in [2.05, 4.69) is 9.47 Å². The number of halogens is 3. The van der Waals surface area contributed by atoms with Crippen molar-refractivity contribution in [2.24, 2.45) is 0 Å². The van der Waals surface area contributed by atoms with Crippen LogP contribution >= 0.6 is 0 Å². The lowest BCUT2D eigenvalue weighted by atomic mass is 10.3. The fourth-order valence-electron chi connectivity index (χ4n) is 1.03. The second-order valence-corrected chi connectivity index (χ2v) is 2.68. The van der Waals surface area contributed by atoms with Gasteiger partial charge in [-0.3, -0.25) is 19.9 Å². The predicted molar refractivity (Wildman–Crippen MR) is 47.0 cm³/mol. The van der Waals surface area contributed by atoms with Gasteiger partial charge < -0.3 is 9.47 Å². The van der Waals surface area contributed by atoms with Gasteiger partial charge in [-0.1, -0.05) is 0 Å². The Morgan fingerprint density at radius 1 is 1.47 bits per heavy atom. The Morgan fingerprint density at radius 3 is 2.47 bits per heavy atom. The first-order valence-electron chi connectivity index (χ1n) is 3.96. The van der Waals surface area contributed by atoms with E-state index in [-0.39, 0.29) is 0 Å². The molecule has 0 aliphatic carbocycles. The van der Waals surface area contributed by atoms with E-state index in [1.54, 1.807) is 0 Å². The third kappa shape index (κ3) is 3.09. The Hall–Kier alpha value is -2.26. The third-order valence-corrected chi connectivity index (χ3v) is 1.56. The number of nitrogens with zero attached hydrogens (tertiary/aromatic N) is 1. The molecule has 0 unspecified atom stereocenters. The minimum Gasteiger partial charge on any atom is -0.477 e. The number of nitro groups is 1. The molecular weight excluding hydrogens is 249 g/mol. The van der Waals surface area contributed by atoms with Crippen molar-refractivity contribution < 1.29 is 27.6 Å². The minimum absolute atomic E-state index is 0.314. The number of alkyl halides is 3. The second-order valence-electron chi connectivity index (χ2n) is 2.68. The normalized spacial score (nSPS) is 11.1. The molecule has 1 heterocycles. The van der Waals surface area contributed by atoms with Crippen molar-refractivity contribution >= 4 is 5.69 Å². The lowest BCUT2D eigenvalue weighted by Gasteiger charge is -2.09. The van der Waals surface area contributed by atoms with Gasteiger partial charge >= 0.3 is 12.0 Å². The molecule has 1 N–H and O–H groups in total. The molecule has 0 bridgehead atoms. The van der Waals surface area contributed by atoms with Gasteiger partial charge in [-0.2, -0.15) is 0 Å². The summed E-state index contributed by atoms with van der Waals surface area (Å²) in [5.41, 5.74) is -2.13. The van der Waals surface area contributed by atoms with Crippen LogP contribution in [0.2, 0.25) is 0 Å². The number of hydrogen-bond acceptors (Lipinski definition) is 5. The second kappa shape index (κ2) is 4.31. The summed E-state index contributed by atoms with van der Waals surface area (Å²) in [4.78, 5) is 22.2. The lowest BCUT2D eigenvalue weighted by molar-refractivity contribution is -0.390. The molecule has 10 heteroatoms. The van der Waals surface area contributed by atoms with Crippen molar-refractivity contribution in [3.05, 3.63) is 26.5 Å². The quantitative estimate of drug-likeness (QED) is 0.645. The summed E-state index contributed by atoms with van der Waals surface area (Å²) in [5.74, 6) is -1.95. The summed E-state index contributed by atoms with van der Waals surface area (Å²) >= 11 is 0. The number of aromatic nitrogens is 1. The zero-order valence-corrected chi connectivity index (χ0v) is 8.20. The molecule has 1 aromatic heterocycles. The number of H-pyrrole nitrogens is 1. The number of ether oxygens (including phenoxy) is 2. The highest BCUT2D eigenvalue weighted by Gasteiger charge is 2.36. The van der Waals surface area contributed by atoms with Gasteiger partial charge in [0.25, 0.3) is 11.4 Å². The van der Waals surface area contributed by atoms with Crippen LogP contribution in [0.5, 0.6) is 11.6 Å². The molecule has 17 heavy (non-hydrogen) atoms. The number of pyridine rings is 1. The Kier molecular flexibility index (Phi) is 3.25. The Balaban J connectivity index is 3.41. The Bertz CT molecular complexity index is 495. The molecule has 0 saturated carbocycles. The highest BCUT2D eigenvalue weighted by molar-refractivity contribution is 5.53. The van der Waals surface area contributed by atoms with Crippen LogP contribution < -0.4 is 15.0 Å². The molecule has 0 spiro atoms. The molecule has 0 fully saturated rings. The summed E-state index contributed by atoms with van der Waals surface area (Å²) in [6.07, 6.45) is -5.15. The van der Waals surface area contributed by atoms with E-state index >= 15 is 0 Å². The maximum Gasteiger partial charge on any atom is 0.573 e. The Labute approximate surface area is 90.9 Å². The van der Waals surface area contributed by atoms with Gasteiger partial charge in [-0.25, -0.2) is 0 Å². The third-order valence-electron chi connectivity index (χ3n) is 1.56. The molecule has 0 aromatic carbocycles. The van der Waals surface area contributed by atoms with Crippen molar-refractivity contribution in [2.75, 3.05) is 7.11 Å². The highest BCUT2D eigenvalue weighted by atomic mass is 19.4. The molecule has 0 aliphatic heterocycles. The molecule has 94 valence electrons. The summed E-state index contributed by atoms with van der Waals surface area (Å²) in [6.45, 7) is 0. The van der Waals surface area contributed by atoms with E-state index in [0.29, 0.717) is 6.07 Å². The van der Waals surface area contributed by atoms with Gasteiger partial charge in [0.1, 0.15) is 0 Å². The fraction of sp³-hybridized carbons (Fsp3) is 0.286. The van der Waals surface area contributed by atoms with E-state index in [1.807, 2.05) is 4.98 Å². The van der Waals surface area contributed by atoms with E-state index in [0.717, 1.165) is 7.11 Å². The monoisotopic (exact) mass is 254 g/mol. The zero-order valence-electron chi connectivity index (χ0n) is 8.20. The molecule has 0 amide bonds. The average molecular weight is 254 g/mol. The average Bonchev–Trinajstić information content (AvgIpc) is 2.12. The van der Waals surface area contributed by atoms with Crippen LogP contribution in [0.4, 0.5) is 18.9 Å². The largest absolute Gasteiger partial charge is 0.573 e. The lowest BCUT2D eigenvalue weighted by Crippen LogP contribution is -2.20. The van der Waals surface area contributed by atoms with Crippen molar-refractivity contribution in [2.45, 2.75) is 6.36 Å². The van der Waals surface area contributed by atoms with E-state index in [9.17, 15) is 28.1 Å². The number of hydrogen-bond donors (Lipinski definition) is 1. The number of nitrogens with one attached hydrogen (secondary N) is 1. The van der Waals surface area contributed by atoms with Gasteiger partial charge in [0.15, 0.2) is 0 Å². The van der Waals surface area contributed by atoms with Crippen LogP contribution in [0.15, 0.2) is 10.9 Å². The highest BCUT2D eigenvalue weighted by Crippen LogP contribution is 2.36. The van der Waals surface area contributed by atoms with Gasteiger partial charge in [0.2, 0.25) is 5.75 Å². The standard InChI is InChI=1S/C7H5F3N2O5/c1-16-6-5(12(14)15)3(2-4(13)11-6)17-7(8,9)10/h2H,1H3,(H,11,13). The van der Waals surface area contributed by atoms with Crippen LogP contribution in [-0.4, -0.2) is 23.4 Å². The smallest absolute Gasteiger partial charge is 0.477 e. The van der Waals surface area contributed by atoms with Crippen LogP contribution in [-0.2, 0) is 0 Å². The van der Waals surface area contributed by atoms with Crippen LogP contribution in [0.1, 0.15) is 0 Å². The van der Waals surface area contributed by atoms with Gasteiger partial charge in [-0.05, 0) is 0 Å². The first-order chi connectivity index (χ1) is 7.74. The minimum atomic E-state index is -5.15. The molecule has 0 atom stereocenters. The van der Waals surface area contributed by atoms with E-state index in [4.69, 9.17) is 0 Å². The van der Waals surface area contributed by atoms with E-state index < -0.39 is 34.2 Å². The van der Waals surface area contributed by atoms with Gasteiger partial charge in [0.05, 0.1) is 18.1 Å². The number of aromatic amines is 1. The van der Waals surface area contributed by atoms with Crippen LogP contribution in [0.25, 0.3) is 0 Å². The van der Waals surface area contributed by atoms with Crippen LogP contribution in [0, 0.1) is 10.1 Å². The Morgan fingerprint density at radius 2 is 2.06 bits per heavy atom. The molecule has 0 saturated heterocycles. The SMILES string of the molecule is COc1[nH]c(=O)cc(OC(F)(F)F)c1[N+](=O)[O-]. The van der Waals surface area contributed by atoms with Crippen LogP contribution in [0.3, 0.4) is 0 Å². The maximum atomic E-state index is 12.0. The summed E-state index contributed by atoms with van der Waals surface area (Å²) < 4.78 is 43.6. The van der Waals surface area contributed by atoms with E-state index in [1.165, 1.54) is 0 Å².